The van der Waals surface area contributed by atoms with Gasteiger partial charge in [0.1, 0.15) is 5.82 Å². The van der Waals surface area contributed by atoms with E-state index in [1.807, 2.05) is 24.3 Å². The summed E-state index contributed by atoms with van der Waals surface area (Å²) < 4.78 is 0. The minimum atomic E-state index is -0.105. The molecule has 4 rings (SSSR count). The first kappa shape index (κ1) is 19.5. The van der Waals surface area contributed by atoms with Crippen molar-refractivity contribution in [2.45, 2.75) is 12.8 Å². The van der Waals surface area contributed by atoms with Gasteiger partial charge in [0.05, 0.1) is 26.6 Å². The molecule has 1 heterocycles. The van der Waals surface area contributed by atoms with Gasteiger partial charge in [-0.25, -0.2) is 4.98 Å². The van der Waals surface area contributed by atoms with Crippen LogP contribution in [0.25, 0.3) is 22.4 Å². The molecule has 0 spiro atoms. The van der Waals surface area contributed by atoms with E-state index in [0.717, 1.165) is 23.9 Å². The zero-order valence-electron chi connectivity index (χ0n) is 15.6. The Hall–Kier alpha value is -2.82. The molecule has 0 aliphatic carbocycles. The topological polar surface area (TPSA) is 57.8 Å². The van der Waals surface area contributed by atoms with Gasteiger partial charge in [0, 0.05) is 12.1 Å². The number of carbonyl (C=O) groups excluding carboxylic acids is 1. The molecule has 29 heavy (non-hydrogen) atoms. The van der Waals surface area contributed by atoms with Crippen LogP contribution in [-0.4, -0.2) is 22.4 Å². The molecule has 4 nitrogen and oxygen atoms in total. The average Bonchev–Trinajstić information content (AvgIpc) is 3.14. The van der Waals surface area contributed by atoms with E-state index in [9.17, 15) is 4.79 Å². The van der Waals surface area contributed by atoms with Crippen molar-refractivity contribution in [2.75, 3.05) is 6.54 Å². The van der Waals surface area contributed by atoms with E-state index in [0.29, 0.717) is 33.5 Å². The Morgan fingerprint density at radius 3 is 2.48 bits per heavy atom. The van der Waals surface area contributed by atoms with Gasteiger partial charge >= 0.3 is 0 Å². The predicted molar refractivity (Wildman–Crippen MR) is 119 cm³/mol. The second-order valence-corrected chi connectivity index (χ2v) is 7.57. The van der Waals surface area contributed by atoms with Gasteiger partial charge in [0.15, 0.2) is 0 Å². The Morgan fingerprint density at radius 1 is 0.966 bits per heavy atom. The van der Waals surface area contributed by atoms with Crippen LogP contribution in [0, 0.1) is 0 Å². The molecule has 0 unspecified atom stereocenters. The number of aromatic nitrogens is 2. The van der Waals surface area contributed by atoms with Crippen molar-refractivity contribution in [1.29, 1.82) is 0 Å². The summed E-state index contributed by atoms with van der Waals surface area (Å²) in [6, 6.07) is 21.0. The molecule has 0 saturated carbocycles. The summed E-state index contributed by atoms with van der Waals surface area (Å²) in [6.45, 7) is 0.620. The van der Waals surface area contributed by atoms with Crippen molar-refractivity contribution in [3.8, 4) is 11.4 Å². The summed E-state index contributed by atoms with van der Waals surface area (Å²) in [4.78, 5) is 20.3. The zero-order chi connectivity index (χ0) is 20.2. The third-order valence-electron chi connectivity index (χ3n) is 4.71. The number of H-pyrrole nitrogens is 1. The summed E-state index contributed by atoms with van der Waals surface area (Å²) in [5.74, 6) is 0.475. The van der Waals surface area contributed by atoms with E-state index in [1.165, 1.54) is 5.56 Å². The first-order valence-electron chi connectivity index (χ1n) is 9.38. The van der Waals surface area contributed by atoms with Gasteiger partial charge < -0.3 is 10.3 Å². The van der Waals surface area contributed by atoms with Crippen molar-refractivity contribution in [1.82, 2.24) is 15.3 Å². The fraction of sp³-hybridized carbons (Fsp3) is 0.130. The molecule has 2 N–H and O–H groups in total. The Balaban J connectivity index is 1.45. The van der Waals surface area contributed by atoms with E-state index in [4.69, 9.17) is 23.2 Å². The normalized spacial score (nSPS) is 11.0. The third-order valence-corrected chi connectivity index (χ3v) is 5.34. The van der Waals surface area contributed by atoms with Gasteiger partial charge in [-0.3, -0.25) is 4.79 Å². The van der Waals surface area contributed by atoms with Crippen LogP contribution in [0.4, 0.5) is 0 Å². The summed E-state index contributed by atoms with van der Waals surface area (Å²) in [5.41, 5.74) is 4.01. The second-order valence-electron chi connectivity index (χ2n) is 6.76. The lowest BCUT2D eigenvalue weighted by molar-refractivity contribution is 0.0953. The van der Waals surface area contributed by atoms with E-state index >= 15 is 0 Å². The molecule has 0 aliphatic heterocycles. The second kappa shape index (κ2) is 8.68. The first-order valence-corrected chi connectivity index (χ1v) is 10.1. The standard InChI is InChI=1S/C23H19Cl2N3O/c24-17-9-4-10-18(25)21(17)22-27-19-12-11-16(14-20(19)28-22)23(29)26-13-5-8-15-6-2-1-3-7-15/h1-4,6-7,9-12,14H,5,8,13H2,(H,26,29)(H,27,28). The molecule has 6 heteroatoms. The Labute approximate surface area is 178 Å². The summed E-state index contributed by atoms with van der Waals surface area (Å²) >= 11 is 12.6. The lowest BCUT2D eigenvalue weighted by atomic mass is 10.1. The van der Waals surface area contributed by atoms with E-state index in [1.54, 1.807) is 30.3 Å². The van der Waals surface area contributed by atoms with Crippen LogP contribution in [0.5, 0.6) is 0 Å². The van der Waals surface area contributed by atoms with Gasteiger partial charge in [0.2, 0.25) is 0 Å². The smallest absolute Gasteiger partial charge is 0.251 e. The molecular formula is C23H19Cl2N3O. The number of rotatable bonds is 6. The minimum Gasteiger partial charge on any atom is -0.352 e. The maximum absolute atomic E-state index is 12.5. The molecule has 1 aromatic heterocycles. The Bertz CT molecular complexity index is 1140. The highest BCUT2D eigenvalue weighted by Gasteiger charge is 2.14. The van der Waals surface area contributed by atoms with Gasteiger partial charge in [0.25, 0.3) is 5.91 Å². The first-order chi connectivity index (χ1) is 14.1. The maximum atomic E-state index is 12.5. The largest absolute Gasteiger partial charge is 0.352 e. The Morgan fingerprint density at radius 2 is 1.72 bits per heavy atom. The van der Waals surface area contributed by atoms with Crippen LogP contribution >= 0.6 is 23.2 Å². The lowest BCUT2D eigenvalue weighted by Crippen LogP contribution is -2.24. The van der Waals surface area contributed by atoms with Gasteiger partial charge in [-0.05, 0) is 48.7 Å². The van der Waals surface area contributed by atoms with Crippen LogP contribution in [0.2, 0.25) is 10.0 Å². The summed E-state index contributed by atoms with van der Waals surface area (Å²) in [5, 5.41) is 4.02. The number of nitrogens with zero attached hydrogens (tertiary/aromatic N) is 1. The number of hydrogen-bond acceptors (Lipinski definition) is 2. The Kier molecular flexibility index (Phi) is 5.84. The third kappa shape index (κ3) is 4.44. The van der Waals surface area contributed by atoms with Crippen molar-refractivity contribution in [2.24, 2.45) is 0 Å². The molecular weight excluding hydrogens is 405 g/mol. The molecule has 0 bridgehead atoms. The van der Waals surface area contributed by atoms with Crippen molar-refractivity contribution < 1.29 is 4.79 Å². The molecule has 146 valence electrons. The maximum Gasteiger partial charge on any atom is 0.251 e. The number of benzene rings is 3. The van der Waals surface area contributed by atoms with E-state index in [2.05, 4.69) is 27.4 Å². The quantitative estimate of drug-likeness (QED) is 0.379. The molecule has 0 fully saturated rings. The molecule has 3 aromatic carbocycles. The number of nitrogens with one attached hydrogen (secondary N) is 2. The monoisotopic (exact) mass is 423 g/mol. The van der Waals surface area contributed by atoms with Crippen LogP contribution in [-0.2, 0) is 6.42 Å². The highest BCUT2D eigenvalue weighted by Crippen LogP contribution is 2.33. The van der Waals surface area contributed by atoms with Crippen molar-refractivity contribution >= 4 is 40.1 Å². The molecule has 1 amide bonds. The lowest BCUT2D eigenvalue weighted by Gasteiger charge is -2.05. The number of fused-ring (bicyclic) bond motifs is 1. The summed E-state index contributed by atoms with van der Waals surface area (Å²) in [6.07, 6.45) is 1.82. The number of aryl methyl sites for hydroxylation is 1. The van der Waals surface area contributed by atoms with Crippen LogP contribution in [0.15, 0.2) is 66.7 Å². The summed E-state index contributed by atoms with van der Waals surface area (Å²) in [7, 11) is 0. The van der Waals surface area contributed by atoms with Crippen LogP contribution in [0.3, 0.4) is 0 Å². The molecule has 0 saturated heterocycles. The minimum absolute atomic E-state index is 0.105. The van der Waals surface area contributed by atoms with Crippen LogP contribution in [0.1, 0.15) is 22.3 Å². The highest BCUT2D eigenvalue weighted by molar-refractivity contribution is 6.39. The number of halogens is 2. The fourth-order valence-electron chi connectivity index (χ4n) is 3.23. The number of hydrogen-bond donors (Lipinski definition) is 2. The number of carbonyl (C=O) groups is 1. The number of amides is 1. The van der Waals surface area contributed by atoms with Gasteiger partial charge in [-0.1, -0.05) is 59.6 Å². The van der Waals surface area contributed by atoms with E-state index in [-0.39, 0.29) is 5.91 Å². The zero-order valence-corrected chi connectivity index (χ0v) is 17.1. The fourth-order valence-corrected chi connectivity index (χ4v) is 3.81. The van der Waals surface area contributed by atoms with Crippen molar-refractivity contribution in [3.05, 3.63) is 87.9 Å². The highest BCUT2D eigenvalue weighted by atomic mass is 35.5. The average molecular weight is 424 g/mol. The number of aromatic amines is 1. The molecule has 0 atom stereocenters. The van der Waals surface area contributed by atoms with Gasteiger partial charge in [-0.2, -0.15) is 0 Å². The molecule has 0 radical (unpaired) electrons. The molecule has 4 aromatic rings. The van der Waals surface area contributed by atoms with Gasteiger partial charge in [-0.15, -0.1) is 0 Å². The predicted octanol–water partition coefficient (Wildman–Crippen LogP) is 5.90. The van der Waals surface area contributed by atoms with E-state index < -0.39 is 0 Å². The SMILES string of the molecule is O=C(NCCCc1ccccc1)c1ccc2nc(-c3c(Cl)cccc3Cl)[nH]c2c1. The molecule has 0 aliphatic rings. The van der Waals surface area contributed by atoms with Crippen molar-refractivity contribution in [3.63, 3.8) is 0 Å². The number of imidazole rings is 1. The van der Waals surface area contributed by atoms with Crippen LogP contribution < -0.4 is 5.32 Å².